The van der Waals surface area contributed by atoms with E-state index in [-0.39, 0.29) is 0 Å². The molecular formula is C17H15ClN2. The molecule has 0 radical (unpaired) electrons. The van der Waals surface area contributed by atoms with E-state index >= 15 is 0 Å². The van der Waals surface area contributed by atoms with Crippen LogP contribution in [-0.4, -0.2) is 9.97 Å². The highest BCUT2D eigenvalue weighted by Crippen LogP contribution is 2.25. The van der Waals surface area contributed by atoms with Crippen LogP contribution in [0.5, 0.6) is 0 Å². The molecule has 1 aromatic heterocycles. The molecule has 3 aromatic rings. The second kappa shape index (κ2) is 5.22. The third-order valence-corrected chi connectivity index (χ3v) is 3.51. The Bertz CT molecular complexity index is 766. The minimum absolute atomic E-state index is 0.328. The van der Waals surface area contributed by atoms with Gasteiger partial charge in [-0.25, -0.2) is 9.97 Å². The topological polar surface area (TPSA) is 25.8 Å². The molecule has 0 spiro atoms. The molecule has 1 heterocycles. The van der Waals surface area contributed by atoms with Crippen molar-refractivity contribution in [3.05, 3.63) is 59.4 Å². The first kappa shape index (κ1) is 13.1. The maximum atomic E-state index is 6.11. The number of rotatable bonds is 2. The third kappa shape index (κ3) is 2.52. The van der Waals surface area contributed by atoms with Crippen LogP contribution in [0.3, 0.4) is 0 Å². The van der Waals surface area contributed by atoms with E-state index in [0.717, 1.165) is 11.3 Å². The number of hydrogen-bond donors (Lipinski definition) is 0. The summed E-state index contributed by atoms with van der Waals surface area (Å²) in [4.78, 5) is 8.96. The van der Waals surface area contributed by atoms with Crippen LogP contribution < -0.4 is 0 Å². The molecule has 0 fully saturated rings. The van der Waals surface area contributed by atoms with Crippen LogP contribution in [0.4, 0.5) is 0 Å². The summed E-state index contributed by atoms with van der Waals surface area (Å²) < 4.78 is 0. The van der Waals surface area contributed by atoms with E-state index in [1.807, 2.05) is 24.3 Å². The molecule has 0 bridgehead atoms. The summed E-state index contributed by atoms with van der Waals surface area (Å²) in [5.41, 5.74) is 1.96. The van der Waals surface area contributed by atoms with Crippen LogP contribution in [0.1, 0.15) is 25.5 Å². The van der Waals surface area contributed by atoms with Crippen LogP contribution in [-0.2, 0) is 0 Å². The van der Waals surface area contributed by atoms with E-state index in [1.165, 1.54) is 10.8 Å². The van der Waals surface area contributed by atoms with Crippen molar-refractivity contribution >= 4 is 22.4 Å². The fraction of sp³-hybridized carbons (Fsp3) is 0.176. The van der Waals surface area contributed by atoms with Crippen molar-refractivity contribution in [1.82, 2.24) is 9.97 Å². The zero-order valence-electron chi connectivity index (χ0n) is 11.5. The molecule has 0 aliphatic heterocycles. The second-order valence-corrected chi connectivity index (χ2v) is 5.54. The average molecular weight is 283 g/mol. The summed E-state index contributed by atoms with van der Waals surface area (Å²) in [6.45, 7) is 4.20. The van der Waals surface area contributed by atoms with Gasteiger partial charge in [0.25, 0.3) is 0 Å². The van der Waals surface area contributed by atoms with Gasteiger partial charge in [-0.1, -0.05) is 61.8 Å². The summed E-state index contributed by atoms with van der Waals surface area (Å²) in [5.74, 6) is 1.02. The predicted molar refractivity (Wildman–Crippen MR) is 84.1 cm³/mol. The lowest BCUT2D eigenvalue weighted by Gasteiger charge is -2.08. The number of aromatic nitrogens is 2. The average Bonchev–Trinajstić information content (AvgIpc) is 2.46. The summed E-state index contributed by atoms with van der Waals surface area (Å²) in [6, 6.07) is 16.3. The van der Waals surface area contributed by atoms with Gasteiger partial charge < -0.3 is 0 Å². The maximum absolute atomic E-state index is 6.11. The van der Waals surface area contributed by atoms with Crippen LogP contribution in [0.25, 0.3) is 22.2 Å². The maximum Gasteiger partial charge on any atom is 0.161 e. The quantitative estimate of drug-likeness (QED) is 0.613. The molecule has 3 rings (SSSR count). The molecule has 2 aromatic carbocycles. The largest absolute Gasteiger partial charge is 0.233 e. The van der Waals surface area contributed by atoms with E-state index in [0.29, 0.717) is 16.9 Å². The van der Waals surface area contributed by atoms with Gasteiger partial charge >= 0.3 is 0 Å². The Morgan fingerprint density at radius 1 is 0.900 bits per heavy atom. The van der Waals surface area contributed by atoms with Gasteiger partial charge in [0.05, 0.1) is 0 Å². The molecule has 20 heavy (non-hydrogen) atoms. The van der Waals surface area contributed by atoms with E-state index in [2.05, 4.69) is 48.1 Å². The van der Waals surface area contributed by atoms with Crippen molar-refractivity contribution in [1.29, 1.82) is 0 Å². The first-order valence-electron chi connectivity index (χ1n) is 6.67. The molecule has 0 atom stereocenters. The number of halogens is 1. The third-order valence-electron chi connectivity index (χ3n) is 3.31. The smallest absolute Gasteiger partial charge is 0.161 e. The Labute approximate surface area is 123 Å². The molecule has 0 saturated carbocycles. The van der Waals surface area contributed by atoms with Crippen molar-refractivity contribution in [3.8, 4) is 11.4 Å². The first-order chi connectivity index (χ1) is 9.63. The minimum Gasteiger partial charge on any atom is -0.233 e. The lowest BCUT2D eigenvalue weighted by molar-refractivity contribution is 0.817. The molecule has 0 N–H and O–H groups in total. The van der Waals surface area contributed by atoms with Crippen molar-refractivity contribution in [2.75, 3.05) is 0 Å². The minimum atomic E-state index is 0.328. The summed E-state index contributed by atoms with van der Waals surface area (Å²) in [6.07, 6.45) is 0. The van der Waals surface area contributed by atoms with E-state index in [1.54, 1.807) is 0 Å². The van der Waals surface area contributed by atoms with Crippen LogP contribution in [0.2, 0.25) is 5.15 Å². The molecule has 0 aliphatic rings. The Morgan fingerprint density at radius 2 is 1.65 bits per heavy atom. The fourth-order valence-electron chi connectivity index (χ4n) is 2.19. The first-order valence-corrected chi connectivity index (χ1v) is 7.05. The zero-order valence-corrected chi connectivity index (χ0v) is 12.2. The van der Waals surface area contributed by atoms with Crippen LogP contribution in [0, 0.1) is 0 Å². The Balaban J connectivity index is 2.15. The normalized spacial score (nSPS) is 11.2. The molecule has 0 aliphatic carbocycles. The van der Waals surface area contributed by atoms with Crippen LogP contribution in [0.15, 0.2) is 48.5 Å². The lowest BCUT2D eigenvalue weighted by atomic mass is 10.1. The molecule has 0 unspecified atom stereocenters. The predicted octanol–water partition coefficient (Wildman–Crippen LogP) is 5.07. The van der Waals surface area contributed by atoms with Crippen molar-refractivity contribution in [3.63, 3.8) is 0 Å². The fourth-order valence-corrected chi connectivity index (χ4v) is 2.38. The molecule has 2 nitrogen and oxygen atoms in total. The highest BCUT2D eigenvalue weighted by molar-refractivity contribution is 6.29. The number of nitrogens with zero attached hydrogens (tertiary/aromatic N) is 2. The van der Waals surface area contributed by atoms with Gasteiger partial charge in [-0.2, -0.15) is 0 Å². The van der Waals surface area contributed by atoms with Gasteiger partial charge in [0.15, 0.2) is 5.82 Å². The molecular weight excluding hydrogens is 268 g/mol. The number of benzene rings is 2. The van der Waals surface area contributed by atoms with Crippen molar-refractivity contribution in [2.24, 2.45) is 0 Å². The lowest BCUT2D eigenvalue weighted by Crippen LogP contribution is -1.98. The Morgan fingerprint density at radius 3 is 2.40 bits per heavy atom. The van der Waals surface area contributed by atoms with Gasteiger partial charge in [0.2, 0.25) is 0 Å². The SMILES string of the molecule is CC(C)c1cc(Cl)nc(-c2ccc3ccccc3c2)n1. The van der Waals surface area contributed by atoms with Crippen molar-refractivity contribution in [2.45, 2.75) is 19.8 Å². The number of hydrogen-bond acceptors (Lipinski definition) is 2. The van der Waals surface area contributed by atoms with Crippen molar-refractivity contribution < 1.29 is 0 Å². The van der Waals surface area contributed by atoms with E-state index in [9.17, 15) is 0 Å². The molecule has 0 amide bonds. The van der Waals surface area contributed by atoms with Gasteiger partial charge in [-0.05, 0) is 28.8 Å². The standard InChI is InChI=1S/C17H15ClN2/c1-11(2)15-10-16(18)20-17(19-15)14-8-7-12-5-3-4-6-13(12)9-14/h3-11H,1-2H3. The molecule has 100 valence electrons. The summed E-state index contributed by atoms with van der Waals surface area (Å²) in [7, 11) is 0. The van der Waals surface area contributed by atoms with E-state index in [4.69, 9.17) is 11.6 Å². The van der Waals surface area contributed by atoms with E-state index < -0.39 is 0 Å². The Hall–Kier alpha value is -1.93. The van der Waals surface area contributed by atoms with Gasteiger partial charge in [0.1, 0.15) is 5.15 Å². The molecule has 0 saturated heterocycles. The monoisotopic (exact) mass is 282 g/mol. The highest BCUT2D eigenvalue weighted by atomic mass is 35.5. The van der Waals surface area contributed by atoms with Crippen LogP contribution >= 0.6 is 11.6 Å². The number of fused-ring (bicyclic) bond motifs is 1. The Kier molecular flexibility index (Phi) is 3.41. The highest BCUT2D eigenvalue weighted by Gasteiger charge is 2.09. The summed E-state index contributed by atoms with van der Waals surface area (Å²) >= 11 is 6.11. The van der Waals surface area contributed by atoms with Gasteiger partial charge in [-0.3, -0.25) is 0 Å². The molecule has 3 heteroatoms. The second-order valence-electron chi connectivity index (χ2n) is 5.16. The van der Waals surface area contributed by atoms with Gasteiger partial charge in [0, 0.05) is 11.3 Å². The van der Waals surface area contributed by atoms with Gasteiger partial charge in [-0.15, -0.1) is 0 Å². The zero-order chi connectivity index (χ0) is 14.1. The summed E-state index contributed by atoms with van der Waals surface area (Å²) in [5, 5.41) is 2.88.